The first-order valence-corrected chi connectivity index (χ1v) is 10.8. The summed E-state index contributed by atoms with van der Waals surface area (Å²) >= 11 is 1.63. The van der Waals surface area contributed by atoms with Crippen LogP contribution in [0.1, 0.15) is 38.2 Å². The maximum absolute atomic E-state index is 12.7. The van der Waals surface area contributed by atoms with E-state index in [4.69, 9.17) is 0 Å². The van der Waals surface area contributed by atoms with Gasteiger partial charge in [0.1, 0.15) is 0 Å². The molecule has 6 heteroatoms. The Morgan fingerprint density at radius 1 is 1.12 bits per heavy atom. The van der Waals surface area contributed by atoms with Crippen molar-refractivity contribution in [2.24, 2.45) is 11.8 Å². The topological polar surface area (TPSA) is 53.5 Å². The van der Waals surface area contributed by atoms with Crippen molar-refractivity contribution in [3.8, 4) is 0 Å². The van der Waals surface area contributed by atoms with Gasteiger partial charge in [-0.05, 0) is 43.2 Å². The predicted octanol–water partition coefficient (Wildman–Crippen LogP) is 2.81. The number of piperidine rings is 2. The molecule has 26 heavy (non-hydrogen) atoms. The maximum atomic E-state index is 12.7. The molecule has 2 aliphatic rings. The van der Waals surface area contributed by atoms with Crippen LogP contribution in [0.2, 0.25) is 0 Å². The Kier molecular flexibility index (Phi) is 6.94. The van der Waals surface area contributed by atoms with Gasteiger partial charge in [-0.1, -0.05) is 13.0 Å². The molecule has 2 saturated heterocycles. The van der Waals surface area contributed by atoms with E-state index < -0.39 is 0 Å². The van der Waals surface area contributed by atoms with Gasteiger partial charge in [0.05, 0.1) is 5.75 Å². The average molecular weight is 376 g/mol. The molecule has 0 aliphatic carbocycles. The molecule has 2 amide bonds. The van der Waals surface area contributed by atoms with Gasteiger partial charge in [-0.15, -0.1) is 11.8 Å². The number of hydrogen-bond donors (Lipinski definition) is 0. The monoisotopic (exact) mass is 375 g/mol. The number of carbonyl (C=O) groups is 2. The van der Waals surface area contributed by atoms with Crippen LogP contribution in [0.5, 0.6) is 0 Å². The normalized spacial score (nSPS) is 19.6. The van der Waals surface area contributed by atoms with Gasteiger partial charge in [0, 0.05) is 50.2 Å². The van der Waals surface area contributed by atoms with Crippen LogP contribution in [0.25, 0.3) is 0 Å². The van der Waals surface area contributed by atoms with Crippen LogP contribution in [0.15, 0.2) is 24.5 Å². The van der Waals surface area contributed by atoms with E-state index in [0.29, 0.717) is 24.7 Å². The Bertz CT molecular complexity index is 594. The smallest absolute Gasteiger partial charge is 0.232 e. The number of pyridine rings is 1. The molecule has 3 rings (SSSR count). The van der Waals surface area contributed by atoms with E-state index in [0.717, 1.165) is 56.0 Å². The Labute approximate surface area is 160 Å². The summed E-state index contributed by atoms with van der Waals surface area (Å²) in [6.07, 6.45) is 7.47. The molecule has 0 spiro atoms. The number of thioether (sulfide) groups is 1. The van der Waals surface area contributed by atoms with Crippen molar-refractivity contribution in [3.05, 3.63) is 30.1 Å². The highest BCUT2D eigenvalue weighted by molar-refractivity contribution is 7.99. The summed E-state index contributed by atoms with van der Waals surface area (Å²) < 4.78 is 0. The fourth-order valence-electron chi connectivity index (χ4n) is 3.69. The van der Waals surface area contributed by atoms with E-state index >= 15 is 0 Å². The first kappa shape index (κ1) is 19.2. The van der Waals surface area contributed by atoms with E-state index in [1.54, 1.807) is 18.0 Å². The van der Waals surface area contributed by atoms with Crippen LogP contribution in [-0.4, -0.2) is 58.5 Å². The molecule has 0 saturated carbocycles. The van der Waals surface area contributed by atoms with Crippen molar-refractivity contribution in [3.63, 3.8) is 0 Å². The summed E-state index contributed by atoms with van der Waals surface area (Å²) in [6.45, 7) is 5.51. The first-order valence-electron chi connectivity index (χ1n) is 9.66. The zero-order chi connectivity index (χ0) is 18.4. The van der Waals surface area contributed by atoms with E-state index in [2.05, 4.69) is 11.9 Å². The summed E-state index contributed by atoms with van der Waals surface area (Å²) in [7, 11) is 0. The van der Waals surface area contributed by atoms with Crippen molar-refractivity contribution in [2.45, 2.75) is 38.4 Å². The summed E-state index contributed by atoms with van der Waals surface area (Å²) in [5.74, 6) is 2.66. The third-order valence-corrected chi connectivity index (χ3v) is 6.50. The van der Waals surface area contributed by atoms with E-state index in [-0.39, 0.29) is 11.8 Å². The first-order chi connectivity index (χ1) is 12.6. The SMILES string of the molecule is CC1CCN(C(=O)C2CCN(C(=O)CSCc3cccnc3)CC2)CC1. The van der Waals surface area contributed by atoms with Gasteiger partial charge >= 0.3 is 0 Å². The zero-order valence-corrected chi connectivity index (χ0v) is 16.4. The summed E-state index contributed by atoms with van der Waals surface area (Å²) in [6, 6.07) is 3.95. The van der Waals surface area contributed by atoms with Gasteiger partial charge in [0.25, 0.3) is 0 Å². The van der Waals surface area contributed by atoms with Crippen molar-refractivity contribution in [1.29, 1.82) is 0 Å². The molecule has 2 aliphatic heterocycles. The van der Waals surface area contributed by atoms with Crippen LogP contribution in [0.4, 0.5) is 0 Å². The summed E-state index contributed by atoms with van der Waals surface area (Å²) in [5.41, 5.74) is 1.14. The molecule has 5 nitrogen and oxygen atoms in total. The number of rotatable bonds is 5. The van der Waals surface area contributed by atoms with Crippen LogP contribution in [0, 0.1) is 11.8 Å². The van der Waals surface area contributed by atoms with Crippen LogP contribution in [-0.2, 0) is 15.3 Å². The van der Waals surface area contributed by atoms with Gasteiger partial charge < -0.3 is 9.80 Å². The largest absolute Gasteiger partial charge is 0.342 e. The highest BCUT2D eigenvalue weighted by atomic mass is 32.2. The molecule has 1 aromatic heterocycles. The second kappa shape index (κ2) is 9.40. The van der Waals surface area contributed by atoms with Gasteiger partial charge in [0.15, 0.2) is 0 Å². The predicted molar refractivity (Wildman–Crippen MR) is 105 cm³/mol. The van der Waals surface area contributed by atoms with E-state index in [1.807, 2.05) is 28.1 Å². The number of amides is 2. The number of likely N-dealkylation sites (tertiary alicyclic amines) is 2. The van der Waals surface area contributed by atoms with E-state index in [9.17, 15) is 9.59 Å². The Morgan fingerprint density at radius 3 is 2.46 bits per heavy atom. The fraction of sp³-hybridized carbons (Fsp3) is 0.650. The minimum absolute atomic E-state index is 0.107. The molecular weight excluding hydrogens is 346 g/mol. The third kappa shape index (κ3) is 5.22. The van der Waals surface area contributed by atoms with Gasteiger partial charge in [-0.3, -0.25) is 14.6 Å². The highest BCUT2D eigenvalue weighted by Crippen LogP contribution is 2.24. The molecule has 142 valence electrons. The maximum Gasteiger partial charge on any atom is 0.232 e. The molecule has 1 aromatic rings. The van der Waals surface area contributed by atoms with Crippen LogP contribution >= 0.6 is 11.8 Å². The summed E-state index contributed by atoms with van der Waals surface area (Å²) in [4.78, 5) is 33.1. The minimum atomic E-state index is 0.107. The highest BCUT2D eigenvalue weighted by Gasteiger charge is 2.31. The fourth-order valence-corrected chi connectivity index (χ4v) is 4.56. The molecular formula is C20H29N3O2S. The number of nitrogens with zero attached hydrogens (tertiary/aromatic N) is 3. The van der Waals surface area contributed by atoms with Gasteiger partial charge in [-0.25, -0.2) is 0 Å². The van der Waals surface area contributed by atoms with Crippen molar-refractivity contribution in [2.75, 3.05) is 31.9 Å². The number of aromatic nitrogens is 1. The number of hydrogen-bond acceptors (Lipinski definition) is 4. The number of carbonyl (C=O) groups excluding carboxylic acids is 2. The molecule has 0 radical (unpaired) electrons. The molecule has 0 aromatic carbocycles. The van der Waals surface area contributed by atoms with Crippen LogP contribution < -0.4 is 0 Å². The lowest BCUT2D eigenvalue weighted by atomic mass is 9.92. The molecule has 0 N–H and O–H groups in total. The lowest BCUT2D eigenvalue weighted by Crippen LogP contribution is -2.46. The average Bonchev–Trinajstić information content (AvgIpc) is 2.69. The molecule has 2 fully saturated rings. The third-order valence-electron chi connectivity index (χ3n) is 5.51. The minimum Gasteiger partial charge on any atom is -0.342 e. The Balaban J connectivity index is 1.37. The van der Waals surface area contributed by atoms with Gasteiger partial charge in [-0.2, -0.15) is 0 Å². The second-order valence-corrected chi connectivity index (χ2v) is 8.50. The lowest BCUT2D eigenvalue weighted by Gasteiger charge is -2.36. The van der Waals surface area contributed by atoms with Gasteiger partial charge in [0.2, 0.25) is 11.8 Å². The lowest BCUT2D eigenvalue weighted by molar-refractivity contribution is -0.141. The van der Waals surface area contributed by atoms with Crippen molar-refractivity contribution in [1.82, 2.24) is 14.8 Å². The Hall–Kier alpha value is -1.56. The molecule has 0 bridgehead atoms. The quantitative estimate of drug-likeness (QED) is 0.794. The van der Waals surface area contributed by atoms with Crippen LogP contribution in [0.3, 0.4) is 0 Å². The second-order valence-electron chi connectivity index (χ2n) is 7.52. The van der Waals surface area contributed by atoms with Crippen molar-refractivity contribution >= 4 is 23.6 Å². The zero-order valence-electron chi connectivity index (χ0n) is 15.6. The summed E-state index contributed by atoms with van der Waals surface area (Å²) in [5, 5.41) is 0. The Morgan fingerprint density at radius 2 is 1.81 bits per heavy atom. The molecule has 3 heterocycles. The standard InChI is InChI=1S/C20H29N3O2S/c1-16-4-9-23(10-5-16)20(25)18-6-11-22(12-7-18)19(24)15-26-14-17-3-2-8-21-13-17/h2-3,8,13,16,18H,4-7,9-12,14-15H2,1H3. The molecule has 0 atom stereocenters. The molecule has 0 unspecified atom stereocenters. The van der Waals surface area contributed by atoms with E-state index in [1.165, 1.54) is 0 Å². The van der Waals surface area contributed by atoms with Crippen molar-refractivity contribution < 1.29 is 9.59 Å².